The van der Waals surface area contributed by atoms with Gasteiger partial charge < -0.3 is 15.0 Å². The highest BCUT2D eigenvalue weighted by Gasteiger charge is 2.29. The highest BCUT2D eigenvalue weighted by atomic mass is 16.5. The molecule has 138 valence electrons. The lowest BCUT2D eigenvalue weighted by Gasteiger charge is -2.27. The maximum absolute atomic E-state index is 12.7. The number of rotatable bonds is 3. The normalized spacial score (nSPS) is 19.9. The second kappa shape index (κ2) is 8.17. The molecule has 1 unspecified atom stereocenters. The summed E-state index contributed by atoms with van der Waals surface area (Å²) in [6.45, 7) is 1.47. The van der Waals surface area contributed by atoms with Gasteiger partial charge in [-0.1, -0.05) is 24.1 Å². The van der Waals surface area contributed by atoms with Crippen molar-refractivity contribution >= 4 is 29.2 Å². The molecule has 0 saturated heterocycles. The van der Waals surface area contributed by atoms with Crippen molar-refractivity contribution in [3.8, 4) is 0 Å². The predicted octanol–water partition coefficient (Wildman–Crippen LogP) is 3.18. The van der Waals surface area contributed by atoms with E-state index in [-0.39, 0.29) is 30.9 Å². The molecule has 2 amide bonds. The van der Waals surface area contributed by atoms with Crippen LogP contribution in [-0.4, -0.2) is 30.4 Å². The van der Waals surface area contributed by atoms with Gasteiger partial charge in [-0.05, 0) is 44.7 Å². The van der Waals surface area contributed by atoms with E-state index in [4.69, 9.17) is 4.74 Å². The third-order valence-electron chi connectivity index (χ3n) is 4.78. The van der Waals surface area contributed by atoms with Gasteiger partial charge in [0.15, 0.2) is 6.61 Å². The second-order valence-electron chi connectivity index (χ2n) is 6.85. The van der Waals surface area contributed by atoms with E-state index >= 15 is 0 Å². The number of nitrogens with zero attached hydrogens (tertiary/aromatic N) is 1. The van der Waals surface area contributed by atoms with Gasteiger partial charge in [0.25, 0.3) is 5.91 Å². The van der Waals surface area contributed by atoms with Crippen molar-refractivity contribution < 1.29 is 19.1 Å². The summed E-state index contributed by atoms with van der Waals surface area (Å²) >= 11 is 0. The molecular formula is C20H24N2O4. The van der Waals surface area contributed by atoms with Gasteiger partial charge in [0, 0.05) is 18.5 Å². The van der Waals surface area contributed by atoms with Crippen LogP contribution in [0.4, 0.5) is 11.4 Å². The fourth-order valence-corrected chi connectivity index (χ4v) is 3.53. The molecular weight excluding hydrogens is 332 g/mol. The van der Waals surface area contributed by atoms with Crippen LogP contribution >= 0.6 is 0 Å². The van der Waals surface area contributed by atoms with Crippen LogP contribution in [0.3, 0.4) is 0 Å². The Morgan fingerprint density at radius 1 is 1.23 bits per heavy atom. The fraction of sp³-hybridized carbons (Fsp3) is 0.450. The van der Waals surface area contributed by atoms with Gasteiger partial charge in [0.2, 0.25) is 5.91 Å². The van der Waals surface area contributed by atoms with Crippen molar-refractivity contribution in [1.29, 1.82) is 0 Å². The first-order valence-electron chi connectivity index (χ1n) is 9.12. The number of hydrogen-bond donors (Lipinski definition) is 1. The van der Waals surface area contributed by atoms with E-state index in [9.17, 15) is 14.4 Å². The zero-order valence-corrected chi connectivity index (χ0v) is 15.0. The molecule has 2 aliphatic rings. The minimum absolute atomic E-state index is 0.140. The number of allylic oxidation sites excluding steroid dienone is 1. The zero-order chi connectivity index (χ0) is 18.5. The molecule has 26 heavy (non-hydrogen) atoms. The lowest BCUT2D eigenvalue weighted by atomic mass is 9.95. The molecule has 6 nitrogen and oxygen atoms in total. The van der Waals surface area contributed by atoms with Crippen molar-refractivity contribution in [3.63, 3.8) is 0 Å². The van der Waals surface area contributed by atoms with Gasteiger partial charge in [-0.15, -0.1) is 0 Å². The highest BCUT2D eigenvalue weighted by Crippen LogP contribution is 2.31. The average molecular weight is 356 g/mol. The van der Waals surface area contributed by atoms with Gasteiger partial charge in [-0.25, -0.2) is 4.79 Å². The summed E-state index contributed by atoms with van der Waals surface area (Å²) in [5.74, 6) is -0.948. The first-order chi connectivity index (χ1) is 12.5. The average Bonchev–Trinajstić information content (AvgIpc) is 2.75. The van der Waals surface area contributed by atoms with Crippen LogP contribution in [0.1, 0.15) is 45.4 Å². The Bertz CT molecular complexity index is 733. The van der Waals surface area contributed by atoms with E-state index in [1.54, 1.807) is 18.2 Å². The number of benzene rings is 1. The van der Waals surface area contributed by atoms with Gasteiger partial charge in [0.05, 0.1) is 11.4 Å². The molecule has 0 aromatic heterocycles. The van der Waals surface area contributed by atoms with Crippen LogP contribution < -0.4 is 10.2 Å². The third kappa shape index (κ3) is 4.31. The molecule has 1 aromatic rings. The van der Waals surface area contributed by atoms with Crippen molar-refractivity contribution in [1.82, 2.24) is 0 Å². The summed E-state index contributed by atoms with van der Waals surface area (Å²) in [5.41, 5.74) is 2.31. The van der Waals surface area contributed by atoms with Crippen molar-refractivity contribution in [2.75, 3.05) is 16.8 Å². The van der Waals surface area contributed by atoms with Crippen LogP contribution in [0.5, 0.6) is 0 Å². The molecule has 1 saturated carbocycles. The predicted molar refractivity (Wildman–Crippen MR) is 98.8 cm³/mol. The number of carbonyl (C=O) groups excluding carboxylic acids is 3. The Morgan fingerprint density at radius 2 is 1.96 bits per heavy atom. The Labute approximate surface area is 153 Å². The van der Waals surface area contributed by atoms with Gasteiger partial charge in [-0.3, -0.25) is 9.59 Å². The molecule has 1 fully saturated rings. The first-order valence-corrected chi connectivity index (χ1v) is 9.12. The fourth-order valence-electron chi connectivity index (χ4n) is 3.53. The second-order valence-corrected chi connectivity index (χ2v) is 6.85. The number of ether oxygens (including phenoxy) is 1. The minimum Gasteiger partial charge on any atom is -0.452 e. The summed E-state index contributed by atoms with van der Waals surface area (Å²) in [5, 5.41) is 2.81. The van der Waals surface area contributed by atoms with E-state index in [1.807, 2.05) is 13.0 Å². The van der Waals surface area contributed by atoms with Crippen LogP contribution in [0, 0.1) is 0 Å². The number of nitrogens with one attached hydrogen (secondary N) is 1. The van der Waals surface area contributed by atoms with Gasteiger partial charge >= 0.3 is 5.97 Å². The molecule has 1 N–H and O–H groups in total. The monoisotopic (exact) mass is 356 g/mol. The SMILES string of the molecule is CC1CC(=O)Nc2ccccc2N1C(=O)COC(=O)C=C1CCCCC1. The number of carbonyl (C=O) groups is 3. The van der Waals surface area contributed by atoms with E-state index in [2.05, 4.69) is 5.32 Å². The third-order valence-corrected chi connectivity index (χ3v) is 4.78. The number of para-hydroxylation sites is 2. The summed E-state index contributed by atoms with van der Waals surface area (Å²) in [6.07, 6.45) is 6.96. The maximum Gasteiger partial charge on any atom is 0.331 e. The van der Waals surface area contributed by atoms with Crippen LogP contribution in [-0.2, 0) is 19.1 Å². The summed E-state index contributed by atoms with van der Waals surface area (Å²) < 4.78 is 5.18. The number of esters is 1. The van der Waals surface area contributed by atoms with Crippen molar-refractivity contribution in [3.05, 3.63) is 35.9 Å². The molecule has 1 atom stereocenters. The summed E-state index contributed by atoms with van der Waals surface area (Å²) in [6, 6.07) is 6.82. The molecule has 0 bridgehead atoms. The zero-order valence-electron chi connectivity index (χ0n) is 15.0. The van der Waals surface area contributed by atoms with Gasteiger partial charge in [0.1, 0.15) is 0 Å². The Morgan fingerprint density at radius 3 is 2.73 bits per heavy atom. The first kappa shape index (κ1) is 18.2. The number of hydrogen-bond acceptors (Lipinski definition) is 4. The number of anilines is 2. The smallest absolute Gasteiger partial charge is 0.331 e. The van der Waals surface area contributed by atoms with Crippen LogP contribution in [0.2, 0.25) is 0 Å². The van der Waals surface area contributed by atoms with E-state index < -0.39 is 5.97 Å². The largest absolute Gasteiger partial charge is 0.452 e. The Kier molecular flexibility index (Phi) is 5.71. The molecule has 1 heterocycles. The standard InChI is InChI=1S/C20H24N2O4/c1-14-11-18(23)21-16-9-5-6-10-17(16)22(14)19(24)13-26-20(25)12-15-7-3-2-4-8-15/h5-6,9-10,12,14H,2-4,7-8,11,13H2,1H3,(H,21,23). The highest BCUT2D eigenvalue weighted by molar-refractivity contribution is 6.05. The molecule has 0 radical (unpaired) electrons. The van der Waals surface area contributed by atoms with Crippen molar-refractivity contribution in [2.45, 2.75) is 51.5 Å². The van der Waals surface area contributed by atoms with Crippen molar-refractivity contribution in [2.24, 2.45) is 0 Å². The molecule has 0 spiro atoms. The van der Waals surface area contributed by atoms with E-state index in [1.165, 1.54) is 17.4 Å². The molecule has 1 aromatic carbocycles. The quantitative estimate of drug-likeness (QED) is 0.667. The minimum atomic E-state index is -0.472. The summed E-state index contributed by atoms with van der Waals surface area (Å²) in [7, 11) is 0. The molecule has 3 rings (SSSR count). The number of amides is 2. The van der Waals surface area contributed by atoms with Crippen LogP contribution in [0.25, 0.3) is 0 Å². The maximum atomic E-state index is 12.7. The lowest BCUT2D eigenvalue weighted by Crippen LogP contribution is -2.41. The Hall–Kier alpha value is -2.63. The van der Waals surface area contributed by atoms with E-state index in [0.717, 1.165) is 31.3 Å². The summed E-state index contributed by atoms with van der Waals surface area (Å²) in [4.78, 5) is 38.2. The Balaban J connectivity index is 1.68. The number of fused-ring (bicyclic) bond motifs is 1. The molecule has 6 heteroatoms. The molecule has 1 aliphatic carbocycles. The molecule has 1 aliphatic heterocycles. The van der Waals surface area contributed by atoms with E-state index in [0.29, 0.717) is 11.4 Å². The lowest BCUT2D eigenvalue weighted by molar-refractivity contribution is -0.143. The van der Waals surface area contributed by atoms with Gasteiger partial charge in [-0.2, -0.15) is 0 Å². The van der Waals surface area contributed by atoms with Crippen LogP contribution in [0.15, 0.2) is 35.9 Å². The topological polar surface area (TPSA) is 75.7 Å².